The third kappa shape index (κ3) is 4.79. The maximum absolute atomic E-state index is 12.6. The zero-order valence-corrected chi connectivity index (χ0v) is 15.6. The van der Waals surface area contributed by atoms with Gasteiger partial charge < -0.3 is 10.4 Å². The standard InChI is InChI=1S/C18H28N2O3S/c1-4-14(10-13-8-6-5-7-9-13)16(21)19-12(3)17-20-11(2)15(24-17)18(22)23/h12-14H,4-10H2,1-3H3,(H,19,21)(H,22,23). The number of aromatic nitrogens is 1. The number of carboxylic acid groups (broad SMARTS) is 1. The van der Waals surface area contributed by atoms with Gasteiger partial charge in [-0.1, -0.05) is 39.0 Å². The first kappa shape index (κ1) is 18.9. The van der Waals surface area contributed by atoms with Gasteiger partial charge in [0.15, 0.2) is 0 Å². The number of nitrogens with zero attached hydrogens (tertiary/aromatic N) is 1. The summed E-state index contributed by atoms with van der Waals surface area (Å²) in [5.41, 5.74) is 0.512. The SMILES string of the molecule is CCC(CC1CCCCC1)C(=O)NC(C)c1nc(C)c(C(=O)O)s1. The largest absolute Gasteiger partial charge is 0.477 e. The van der Waals surface area contributed by atoms with Crippen molar-refractivity contribution in [2.45, 2.75) is 71.8 Å². The smallest absolute Gasteiger partial charge is 0.347 e. The highest BCUT2D eigenvalue weighted by Crippen LogP contribution is 2.31. The van der Waals surface area contributed by atoms with Crippen molar-refractivity contribution in [1.82, 2.24) is 10.3 Å². The second-order valence-corrected chi connectivity index (χ2v) is 7.88. The Hall–Kier alpha value is -1.43. The summed E-state index contributed by atoms with van der Waals surface area (Å²) in [4.78, 5) is 28.3. The van der Waals surface area contributed by atoms with E-state index in [2.05, 4.69) is 17.2 Å². The second-order valence-electron chi connectivity index (χ2n) is 6.85. The van der Waals surface area contributed by atoms with Crippen molar-refractivity contribution in [3.05, 3.63) is 15.6 Å². The quantitative estimate of drug-likeness (QED) is 0.766. The van der Waals surface area contributed by atoms with Crippen molar-refractivity contribution in [2.24, 2.45) is 11.8 Å². The molecular weight excluding hydrogens is 324 g/mol. The molecule has 0 radical (unpaired) electrons. The van der Waals surface area contributed by atoms with Gasteiger partial charge >= 0.3 is 5.97 Å². The normalized spacial score (nSPS) is 18.1. The summed E-state index contributed by atoms with van der Waals surface area (Å²) < 4.78 is 0. The number of carbonyl (C=O) groups excluding carboxylic acids is 1. The molecule has 0 spiro atoms. The third-order valence-corrected chi connectivity index (χ3v) is 6.27. The van der Waals surface area contributed by atoms with E-state index in [1.54, 1.807) is 6.92 Å². The van der Waals surface area contributed by atoms with E-state index in [9.17, 15) is 9.59 Å². The zero-order chi connectivity index (χ0) is 17.7. The number of rotatable bonds is 7. The lowest BCUT2D eigenvalue weighted by Gasteiger charge is -2.26. The summed E-state index contributed by atoms with van der Waals surface area (Å²) in [6.07, 6.45) is 8.19. The lowest BCUT2D eigenvalue weighted by molar-refractivity contribution is -0.126. The number of carbonyl (C=O) groups is 2. The first-order chi connectivity index (χ1) is 11.4. The van der Waals surface area contributed by atoms with Gasteiger partial charge in [-0.2, -0.15) is 0 Å². The third-order valence-electron chi connectivity index (χ3n) is 4.94. The minimum Gasteiger partial charge on any atom is -0.477 e. The van der Waals surface area contributed by atoms with Crippen molar-refractivity contribution in [3.63, 3.8) is 0 Å². The van der Waals surface area contributed by atoms with Crippen LogP contribution in [-0.2, 0) is 4.79 Å². The number of aromatic carboxylic acids is 1. The average molecular weight is 353 g/mol. The molecule has 1 fully saturated rings. The second kappa shape index (κ2) is 8.60. The van der Waals surface area contributed by atoms with Crippen LogP contribution in [0, 0.1) is 18.8 Å². The molecule has 1 aliphatic carbocycles. The molecule has 1 saturated carbocycles. The molecule has 5 nitrogen and oxygen atoms in total. The van der Waals surface area contributed by atoms with Crippen molar-refractivity contribution in [1.29, 1.82) is 0 Å². The van der Waals surface area contributed by atoms with Gasteiger partial charge in [-0.05, 0) is 32.6 Å². The summed E-state index contributed by atoms with van der Waals surface area (Å²) in [5.74, 6) is -0.181. The number of hydrogen-bond donors (Lipinski definition) is 2. The van der Waals surface area contributed by atoms with E-state index in [0.29, 0.717) is 16.6 Å². The first-order valence-corrected chi connectivity index (χ1v) is 9.75. The van der Waals surface area contributed by atoms with Crippen LogP contribution in [0.4, 0.5) is 0 Å². The van der Waals surface area contributed by atoms with Crippen LogP contribution in [0.3, 0.4) is 0 Å². The van der Waals surface area contributed by atoms with Gasteiger partial charge in [-0.15, -0.1) is 11.3 Å². The number of amides is 1. The monoisotopic (exact) mass is 352 g/mol. The van der Waals surface area contributed by atoms with E-state index < -0.39 is 5.97 Å². The number of aryl methyl sites for hydroxylation is 1. The zero-order valence-electron chi connectivity index (χ0n) is 14.8. The maximum Gasteiger partial charge on any atom is 0.347 e. The molecule has 24 heavy (non-hydrogen) atoms. The van der Waals surface area contributed by atoms with E-state index in [1.807, 2.05) is 6.92 Å². The molecule has 1 aromatic heterocycles. The van der Waals surface area contributed by atoms with Crippen LogP contribution >= 0.6 is 11.3 Å². The molecule has 0 aromatic carbocycles. The highest BCUT2D eigenvalue weighted by Gasteiger charge is 2.25. The van der Waals surface area contributed by atoms with Gasteiger partial charge in [0.05, 0.1) is 11.7 Å². The van der Waals surface area contributed by atoms with Crippen LogP contribution in [0.15, 0.2) is 0 Å². The number of hydrogen-bond acceptors (Lipinski definition) is 4. The highest BCUT2D eigenvalue weighted by atomic mass is 32.1. The topological polar surface area (TPSA) is 79.3 Å². The molecule has 0 bridgehead atoms. The molecule has 1 amide bonds. The fraction of sp³-hybridized carbons (Fsp3) is 0.722. The molecule has 2 unspecified atom stereocenters. The van der Waals surface area contributed by atoms with Crippen LogP contribution in [0.5, 0.6) is 0 Å². The fourth-order valence-electron chi connectivity index (χ4n) is 3.48. The van der Waals surface area contributed by atoms with Gasteiger partial charge in [0.1, 0.15) is 9.88 Å². The Morgan fingerprint density at radius 2 is 2.00 bits per heavy atom. The molecule has 0 saturated heterocycles. The molecule has 2 rings (SSSR count). The maximum atomic E-state index is 12.6. The molecule has 1 aliphatic rings. The van der Waals surface area contributed by atoms with Gasteiger partial charge in [0.25, 0.3) is 0 Å². The van der Waals surface area contributed by atoms with Crippen LogP contribution in [0.25, 0.3) is 0 Å². The van der Waals surface area contributed by atoms with Crippen LogP contribution < -0.4 is 5.32 Å². The van der Waals surface area contributed by atoms with Gasteiger partial charge in [-0.25, -0.2) is 9.78 Å². The fourth-order valence-corrected chi connectivity index (χ4v) is 4.39. The summed E-state index contributed by atoms with van der Waals surface area (Å²) >= 11 is 1.15. The Kier molecular flexibility index (Phi) is 6.78. The Labute approximate surface area is 147 Å². The molecule has 2 N–H and O–H groups in total. The number of carboxylic acids is 1. The van der Waals surface area contributed by atoms with Crippen LogP contribution in [0.1, 0.15) is 85.2 Å². The summed E-state index contributed by atoms with van der Waals surface area (Å²) in [6, 6.07) is -0.255. The molecule has 6 heteroatoms. The highest BCUT2D eigenvalue weighted by molar-refractivity contribution is 7.13. The number of thiazole rings is 1. The predicted molar refractivity (Wildman–Crippen MR) is 95.3 cm³/mol. The van der Waals surface area contributed by atoms with Crippen LogP contribution in [-0.4, -0.2) is 22.0 Å². The predicted octanol–water partition coefficient (Wildman–Crippen LogP) is 4.32. The Balaban J connectivity index is 1.95. The van der Waals surface area contributed by atoms with Crippen molar-refractivity contribution in [2.75, 3.05) is 0 Å². The van der Waals surface area contributed by atoms with E-state index in [0.717, 1.165) is 24.2 Å². The Bertz CT molecular complexity index is 579. The van der Waals surface area contributed by atoms with E-state index in [4.69, 9.17) is 5.11 Å². The van der Waals surface area contributed by atoms with Crippen molar-refractivity contribution in [3.8, 4) is 0 Å². The Morgan fingerprint density at radius 3 is 2.54 bits per heavy atom. The first-order valence-electron chi connectivity index (χ1n) is 8.93. The van der Waals surface area contributed by atoms with Gasteiger partial charge in [-0.3, -0.25) is 4.79 Å². The van der Waals surface area contributed by atoms with Crippen LogP contribution in [0.2, 0.25) is 0 Å². The Morgan fingerprint density at radius 1 is 1.33 bits per heavy atom. The molecule has 134 valence electrons. The van der Waals surface area contributed by atoms with Gasteiger partial charge in [0, 0.05) is 5.92 Å². The lowest BCUT2D eigenvalue weighted by atomic mass is 9.81. The van der Waals surface area contributed by atoms with Crippen molar-refractivity contribution < 1.29 is 14.7 Å². The minimum absolute atomic E-state index is 0.0375. The molecule has 1 aromatic rings. The molecular formula is C18H28N2O3S. The van der Waals surface area contributed by atoms with Crippen molar-refractivity contribution >= 4 is 23.2 Å². The van der Waals surface area contributed by atoms with E-state index >= 15 is 0 Å². The number of nitrogens with one attached hydrogen (secondary N) is 1. The van der Waals surface area contributed by atoms with E-state index in [-0.39, 0.29) is 22.7 Å². The average Bonchev–Trinajstić information content (AvgIpc) is 2.95. The molecule has 0 aliphatic heterocycles. The summed E-state index contributed by atoms with van der Waals surface area (Å²) in [6.45, 7) is 5.62. The minimum atomic E-state index is -0.960. The molecule has 1 heterocycles. The summed E-state index contributed by atoms with van der Waals surface area (Å²) in [7, 11) is 0. The lowest BCUT2D eigenvalue weighted by Crippen LogP contribution is -2.33. The van der Waals surface area contributed by atoms with Gasteiger partial charge in [0.2, 0.25) is 5.91 Å². The molecule has 2 atom stereocenters. The van der Waals surface area contributed by atoms with E-state index in [1.165, 1.54) is 32.1 Å². The summed E-state index contributed by atoms with van der Waals surface area (Å²) in [5, 5.41) is 12.8.